The van der Waals surface area contributed by atoms with E-state index in [9.17, 15) is 0 Å². The van der Waals surface area contributed by atoms with Gasteiger partial charge in [0, 0.05) is 64.9 Å². The molecule has 4 aromatic heterocycles. The van der Waals surface area contributed by atoms with Crippen molar-refractivity contribution in [2.75, 3.05) is 24.7 Å². The molecule has 0 bridgehead atoms. The summed E-state index contributed by atoms with van der Waals surface area (Å²) >= 11 is 0. The van der Waals surface area contributed by atoms with Gasteiger partial charge in [0.2, 0.25) is 5.95 Å². The van der Waals surface area contributed by atoms with E-state index in [1.165, 1.54) is 5.56 Å². The summed E-state index contributed by atoms with van der Waals surface area (Å²) in [7, 11) is 5.50. The molecule has 0 spiro atoms. The van der Waals surface area contributed by atoms with Crippen molar-refractivity contribution in [1.29, 1.82) is 0 Å². The molecule has 229 valence electrons. The molecule has 13 nitrogen and oxygen atoms in total. The molecule has 0 saturated heterocycles. The number of nitrogens with zero attached hydrogens (tertiary/aromatic N) is 10. The number of rotatable bonds is 2. The van der Waals surface area contributed by atoms with Crippen LogP contribution < -0.4 is 15.2 Å². The fraction of sp³-hybridized carbons (Fsp3) is 0.500. The van der Waals surface area contributed by atoms with Gasteiger partial charge >= 0.3 is 0 Å². The quantitative estimate of drug-likeness (QED) is 0.275. The van der Waals surface area contributed by atoms with E-state index in [0.717, 1.165) is 29.1 Å². The maximum absolute atomic E-state index is 7.08. The summed E-state index contributed by atoms with van der Waals surface area (Å²) in [6.07, 6.45) is 4.07. The molecular formula is C28H49N13Y. The Morgan fingerprint density at radius 2 is 0.810 bits per heavy atom. The fourth-order valence-electron chi connectivity index (χ4n) is 2.67. The van der Waals surface area contributed by atoms with Crippen LogP contribution in [0.15, 0.2) is 24.5 Å². The van der Waals surface area contributed by atoms with Gasteiger partial charge in [0.1, 0.15) is 36.2 Å². The zero-order valence-corrected chi connectivity index (χ0v) is 30.7. The second-order valence-electron chi connectivity index (χ2n) is 7.80. The van der Waals surface area contributed by atoms with Gasteiger partial charge in [-0.2, -0.15) is 9.97 Å². The second-order valence-corrected chi connectivity index (χ2v) is 7.80. The third-order valence-electron chi connectivity index (χ3n) is 4.17. The Bertz CT molecular complexity index is 1090. The van der Waals surface area contributed by atoms with Gasteiger partial charge in [0.05, 0.1) is 5.82 Å². The normalized spacial score (nSPS) is 8.62. The van der Waals surface area contributed by atoms with E-state index in [4.69, 9.17) is 5.73 Å². The molecule has 3 N–H and O–H groups in total. The molecule has 1 radical (unpaired) electrons. The minimum Gasteiger partial charge on any atom is -0.410 e. The molecule has 4 heterocycles. The maximum Gasteiger partial charge on any atom is 0.225 e. The van der Waals surface area contributed by atoms with Crippen molar-refractivity contribution >= 4 is 17.8 Å². The van der Waals surface area contributed by atoms with Crippen LogP contribution in [0.3, 0.4) is 0 Å². The first kappa shape index (κ1) is 43.1. The minimum absolute atomic E-state index is 0. The standard InChI is InChI=1S/C7H10N.C6H10N4.C6H9N3.C5H8N5.2C2H6.Y/c1-7-3-5-8(2)6-4-7;1-4-8-5(2)10-6(7-3)9-4;1-4-7-5(2)9-6(3)8-4;1-3-8-4(6)10-5(7-2)9-3;2*1-2;/h3-6H,1-2H3;1-3H3,(H,7,8,9,10);1-3H3;1-2H3,(H2-,6,7,8,9,10);2*1-2H3;/q+1;;;-1;;;. The number of pyridine rings is 1. The van der Waals surface area contributed by atoms with Gasteiger partial charge in [0.15, 0.2) is 18.3 Å². The maximum atomic E-state index is 7.08. The number of aromatic nitrogens is 10. The van der Waals surface area contributed by atoms with E-state index in [1.807, 2.05) is 86.3 Å². The van der Waals surface area contributed by atoms with Gasteiger partial charge in [0.25, 0.3) is 0 Å². The van der Waals surface area contributed by atoms with E-state index in [2.05, 4.69) is 74.5 Å². The first-order valence-corrected chi connectivity index (χ1v) is 13.5. The molecule has 0 saturated carbocycles. The largest absolute Gasteiger partial charge is 0.410 e. The summed E-state index contributed by atoms with van der Waals surface area (Å²) in [5, 5.41) is 5.57. The molecule has 0 amide bonds. The van der Waals surface area contributed by atoms with Gasteiger partial charge in [-0.15, -0.1) is 0 Å². The summed E-state index contributed by atoms with van der Waals surface area (Å²) in [5.74, 6) is 5.50. The van der Waals surface area contributed by atoms with Crippen molar-refractivity contribution in [2.24, 2.45) is 7.05 Å². The second kappa shape index (κ2) is 25.4. The Labute approximate surface area is 277 Å². The molecular weight excluding hydrogens is 607 g/mol. The Morgan fingerprint density at radius 3 is 1.10 bits per heavy atom. The van der Waals surface area contributed by atoms with Gasteiger partial charge in [-0.05, 0) is 54.0 Å². The smallest absolute Gasteiger partial charge is 0.225 e. The monoisotopic (exact) mass is 656 g/mol. The van der Waals surface area contributed by atoms with Crippen LogP contribution in [0.25, 0.3) is 5.73 Å². The molecule has 14 heteroatoms. The molecule has 0 unspecified atom stereocenters. The molecule has 0 aliphatic rings. The van der Waals surface area contributed by atoms with Gasteiger partial charge in [-0.25, -0.2) is 29.5 Å². The van der Waals surface area contributed by atoms with E-state index in [0.29, 0.717) is 17.7 Å². The molecule has 0 aliphatic heterocycles. The van der Waals surface area contributed by atoms with Gasteiger partial charge in [-0.3, -0.25) is 0 Å². The van der Waals surface area contributed by atoms with Crippen LogP contribution in [0.1, 0.15) is 68.2 Å². The summed E-state index contributed by atoms with van der Waals surface area (Å²) in [5.41, 5.74) is 8.39. The van der Waals surface area contributed by atoms with Crippen LogP contribution in [-0.2, 0) is 39.8 Å². The van der Waals surface area contributed by atoms with Crippen molar-refractivity contribution in [3.05, 3.63) is 70.8 Å². The molecule has 4 aromatic rings. The van der Waals surface area contributed by atoms with Gasteiger partial charge < -0.3 is 26.3 Å². The summed E-state index contributed by atoms with van der Waals surface area (Å²) in [6, 6.07) is 4.17. The molecule has 0 aromatic carbocycles. The van der Waals surface area contributed by atoms with Crippen molar-refractivity contribution in [3.8, 4) is 0 Å². The van der Waals surface area contributed by atoms with Crippen LogP contribution in [-0.4, -0.2) is 59.0 Å². The summed E-state index contributed by atoms with van der Waals surface area (Å²) in [6.45, 7) is 21.1. The molecule has 0 atom stereocenters. The van der Waals surface area contributed by atoms with Crippen LogP contribution >= 0.6 is 0 Å². The first-order valence-electron chi connectivity index (χ1n) is 13.5. The van der Waals surface area contributed by atoms with Crippen molar-refractivity contribution in [3.63, 3.8) is 0 Å². The number of nitrogens with one attached hydrogen (secondary N) is 3. The van der Waals surface area contributed by atoms with Crippen LogP contribution in [0.4, 0.5) is 17.8 Å². The zero-order valence-electron chi connectivity index (χ0n) is 27.9. The van der Waals surface area contributed by atoms with Crippen LogP contribution in [0.5, 0.6) is 0 Å². The van der Waals surface area contributed by atoms with E-state index in [1.54, 1.807) is 21.0 Å². The Kier molecular flexibility index (Phi) is 26.1. The van der Waals surface area contributed by atoms with E-state index < -0.39 is 0 Å². The van der Waals surface area contributed by atoms with Crippen molar-refractivity contribution < 1.29 is 37.3 Å². The molecule has 4 rings (SSSR count). The first-order chi connectivity index (χ1) is 19.4. The fourth-order valence-corrected chi connectivity index (χ4v) is 2.67. The third kappa shape index (κ3) is 21.4. The average Bonchev–Trinajstić information content (AvgIpc) is 2.92. The predicted molar refractivity (Wildman–Crippen MR) is 166 cm³/mol. The Balaban J connectivity index is -0.000000461. The zero-order chi connectivity index (χ0) is 32.0. The van der Waals surface area contributed by atoms with E-state index in [-0.39, 0.29) is 38.7 Å². The Morgan fingerprint density at radius 1 is 0.524 bits per heavy atom. The minimum atomic E-state index is -0.00292. The number of anilines is 2. The molecule has 0 aliphatic carbocycles. The van der Waals surface area contributed by atoms with Crippen LogP contribution in [0, 0.1) is 48.5 Å². The topological polar surface area (TPSA) is 168 Å². The number of hydrogen-bond acceptors (Lipinski definition) is 11. The van der Waals surface area contributed by atoms with E-state index >= 15 is 0 Å². The third-order valence-corrected chi connectivity index (χ3v) is 4.17. The van der Waals surface area contributed by atoms with Gasteiger partial charge in [-0.1, -0.05) is 27.7 Å². The summed E-state index contributed by atoms with van der Waals surface area (Å²) < 4.78 is 2.02. The molecule has 0 fully saturated rings. The SMILES string of the molecule is CC.CC.CNc1nc(C)nc(C)n1.CNc1nc(C)nc([NH-])n1.Cc1cc[n+](C)cc1.Cc1nc(C)nc(C)n1.[Y]. The van der Waals surface area contributed by atoms with Crippen molar-refractivity contribution in [2.45, 2.75) is 76.2 Å². The number of aryl methyl sites for hydroxylation is 8. The molecule has 42 heavy (non-hydrogen) atoms. The average molecular weight is 657 g/mol. The predicted octanol–water partition coefficient (Wildman–Crippen LogP) is 5.10. The van der Waals surface area contributed by atoms with Crippen molar-refractivity contribution in [1.82, 2.24) is 44.9 Å². The Hall–Kier alpha value is -3.32. The summed E-state index contributed by atoms with van der Waals surface area (Å²) in [4.78, 5) is 35.4. The van der Waals surface area contributed by atoms with Crippen LogP contribution in [0.2, 0.25) is 0 Å². The number of hydrogen-bond donors (Lipinski definition) is 2.